The topological polar surface area (TPSA) is 24.5 Å². The molecule has 21 heavy (non-hydrogen) atoms. The molecule has 0 heterocycles. The van der Waals surface area contributed by atoms with E-state index in [2.05, 4.69) is 62.3 Å². The van der Waals surface area contributed by atoms with Gasteiger partial charge in [-0.05, 0) is 58.3 Å². The molecule has 1 N–H and O–H groups in total. The predicted molar refractivity (Wildman–Crippen MR) is 90.7 cm³/mol. The van der Waals surface area contributed by atoms with Crippen molar-refractivity contribution in [1.82, 2.24) is 10.2 Å². The van der Waals surface area contributed by atoms with Gasteiger partial charge in [-0.1, -0.05) is 24.3 Å². The molecular weight excluding hydrogens is 260 g/mol. The molecule has 0 spiro atoms. The second-order valence-electron chi connectivity index (χ2n) is 6.78. The van der Waals surface area contributed by atoms with Crippen molar-refractivity contribution >= 4 is 0 Å². The fourth-order valence-corrected chi connectivity index (χ4v) is 2.38. The predicted octanol–water partition coefficient (Wildman–Crippen LogP) is 3.09. The van der Waals surface area contributed by atoms with E-state index in [-0.39, 0.29) is 5.54 Å². The Morgan fingerprint density at radius 2 is 1.81 bits per heavy atom. The van der Waals surface area contributed by atoms with Crippen LogP contribution in [0.5, 0.6) is 0 Å². The summed E-state index contributed by atoms with van der Waals surface area (Å²) in [5.41, 5.74) is 3.08. The fourth-order valence-electron chi connectivity index (χ4n) is 2.38. The van der Waals surface area contributed by atoms with E-state index >= 15 is 0 Å². The standard InChI is InChI=1S/C18H32N2O/c1-18(2,3)19-12-11-16-9-6-7-10-17(16)15-20(4)13-8-14-21-5/h6-7,9-10,19H,8,11-15H2,1-5H3. The monoisotopic (exact) mass is 292 g/mol. The molecule has 1 aromatic carbocycles. The highest BCUT2D eigenvalue weighted by molar-refractivity contribution is 5.27. The number of ether oxygens (including phenoxy) is 1. The largest absolute Gasteiger partial charge is 0.385 e. The number of nitrogens with zero attached hydrogens (tertiary/aromatic N) is 1. The molecule has 0 amide bonds. The molecular formula is C18H32N2O. The minimum atomic E-state index is 0.186. The third-order valence-electron chi connectivity index (χ3n) is 3.50. The van der Waals surface area contributed by atoms with Crippen LogP contribution < -0.4 is 5.32 Å². The van der Waals surface area contributed by atoms with Crippen LogP contribution >= 0.6 is 0 Å². The second kappa shape index (κ2) is 9.19. The molecule has 0 fully saturated rings. The third-order valence-corrected chi connectivity index (χ3v) is 3.50. The lowest BCUT2D eigenvalue weighted by Crippen LogP contribution is -2.37. The lowest BCUT2D eigenvalue weighted by Gasteiger charge is -2.22. The molecule has 0 unspecified atom stereocenters. The number of methoxy groups -OCH3 is 1. The van der Waals surface area contributed by atoms with Gasteiger partial charge in [-0.15, -0.1) is 0 Å². The van der Waals surface area contributed by atoms with Crippen LogP contribution in [0, 0.1) is 0 Å². The summed E-state index contributed by atoms with van der Waals surface area (Å²) in [6.07, 6.45) is 2.17. The van der Waals surface area contributed by atoms with Crippen molar-refractivity contribution in [2.24, 2.45) is 0 Å². The maximum absolute atomic E-state index is 5.12. The van der Waals surface area contributed by atoms with Crippen LogP contribution in [0.25, 0.3) is 0 Å². The Morgan fingerprint density at radius 1 is 1.14 bits per heavy atom. The lowest BCUT2D eigenvalue weighted by atomic mass is 10.0. The highest BCUT2D eigenvalue weighted by Gasteiger charge is 2.09. The number of nitrogens with one attached hydrogen (secondary N) is 1. The molecule has 0 aliphatic carbocycles. The highest BCUT2D eigenvalue weighted by atomic mass is 16.5. The van der Waals surface area contributed by atoms with Crippen LogP contribution in [-0.2, 0) is 17.7 Å². The molecule has 0 aromatic heterocycles. The number of hydrogen-bond donors (Lipinski definition) is 1. The van der Waals surface area contributed by atoms with Gasteiger partial charge in [0.05, 0.1) is 0 Å². The van der Waals surface area contributed by atoms with Gasteiger partial charge in [-0.3, -0.25) is 0 Å². The lowest BCUT2D eigenvalue weighted by molar-refractivity contribution is 0.178. The molecule has 120 valence electrons. The van der Waals surface area contributed by atoms with Gasteiger partial charge >= 0.3 is 0 Å². The molecule has 0 aliphatic rings. The fraction of sp³-hybridized carbons (Fsp3) is 0.667. The SMILES string of the molecule is COCCCN(C)Cc1ccccc1CCNC(C)(C)C. The Labute approximate surface area is 130 Å². The molecule has 0 bridgehead atoms. The summed E-state index contributed by atoms with van der Waals surface area (Å²) in [5.74, 6) is 0. The quantitative estimate of drug-likeness (QED) is 0.708. The van der Waals surface area contributed by atoms with Crippen molar-refractivity contribution in [2.45, 2.75) is 45.7 Å². The van der Waals surface area contributed by atoms with E-state index in [0.717, 1.165) is 39.1 Å². The molecule has 3 heteroatoms. The normalized spacial score (nSPS) is 12.1. The Hall–Kier alpha value is -0.900. The van der Waals surface area contributed by atoms with E-state index in [0.29, 0.717) is 0 Å². The van der Waals surface area contributed by atoms with E-state index in [4.69, 9.17) is 4.74 Å². The van der Waals surface area contributed by atoms with Crippen molar-refractivity contribution < 1.29 is 4.74 Å². The Kier molecular flexibility index (Phi) is 7.94. The van der Waals surface area contributed by atoms with E-state index in [9.17, 15) is 0 Å². The summed E-state index contributed by atoms with van der Waals surface area (Å²) in [5, 5.41) is 3.56. The minimum absolute atomic E-state index is 0.186. The molecule has 3 nitrogen and oxygen atoms in total. The summed E-state index contributed by atoms with van der Waals surface area (Å²) in [6.45, 7) is 10.6. The van der Waals surface area contributed by atoms with Gasteiger partial charge < -0.3 is 15.0 Å². The van der Waals surface area contributed by atoms with Gasteiger partial charge in [0.25, 0.3) is 0 Å². The molecule has 0 saturated carbocycles. The first-order valence-corrected chi connectivity index (χ1v) is 7.91. The van der Waals surface area contributed by atoms with Gasteiger partial charge in [0.1, 0.15) is 0 Å². The minimum Gasteiger partial charge on any atom is -0.385 e. The van der Waals surface area contributed by atoms with Crippen LogP contribution in [0.4, 0.5) is 0 Å². The maximum atomic E-state index is 5.12. The first-order valence-electron chi connectivity index (χ1n) is 7.91. The van der Waals surface area contributed by atoms with E-state index in [1.807, 2.05) is 0 Å². The van der Waals surface area contributed by atoms with Crippen LogP contribution in [-0.4, -0.2) is 44.3 Å². The Balaban J connectivity index is 2.50. The zero-order valence-electron chi connectivity index (χ0n) is 14.4. The Morgan fingerprint density at radius 3 is 2.43 bits per heavy atom. The average Bonchev–Trinajstić information content (AvgIpc) is 2.39. The first-order chi connectivity index (χ1) is 9.92. The maximum Gasteiger partial charge on any atom is 0.0474 e. The van der Waals surface area contributed by atoms with Gasteiger partial charge in [0.2, 0.25) is 0 Å². The van der Waals surface area contributed by atoms with E-state index in [1.54, 1.807) is 7.11 Å². The van der Waals surface area contributed by atoms with Gasteiger partial charge in [-0.2, -0.15) is 0 Å². The summed E-state index contributed by atoms with van der Waals surface area (Å²) in [4.78, 5) is 2.37. The van der Waals surface area contributed by atoms with E-state index < -0.39 is 0 Å². The zero-order chi connectivity index (χ0) is 15.7. The summed E-state index contributed by atoms with van der Waals surface area (Å²) in [7, 11) is 3.94. The molecule has 0 aliphatic heterocycles. The van der Waals surface area contributed by atoms with E-state index in [1.165, 1.54) is 11.1 Å². The Bertz CT molecular complexity index is 398. The molecule has 0 saturated heterocycles. The van der Waals surface area contributed by atoms with Crippen LogP contribution in [0.2, 0.25) is 0 Å². The number of benzene rings is 1. The third kappa shape index (κ3) is 8.20. The average molecular weight is 292 g/mol. The highest BCUT2D eigenvalue weighted by Crippen LogP contribution is 2.12. The zero-order valence-corrected chi connectivity index (χ0v) is 14.4. The smallest absolute Gasteiger partial charge is 0.0474 e. The van der Waals surface area contributed by atoms with Crippen LogP contribution in [0.3, 0.4) is 0 Å². The molecule has 1 rings (SSSR count). The molecule has 0 radical (unpaired) electrons. The second-order valence-corrected chi connectivity index (χ2v) is 6.78. The van der Waals surface area contributed by atoms with Crippen LogP contribution in [0.1, 0.15) is 38.3 Å². The summed E-state index contributed by atoms with van der Waals surface area (Å²) >= 11 is 0. The van der Waals surface area contributed by atoms with Crippen molar-refractivity contribution in [1.29, 1.82) is 0 Å². The van der Waals surface area contributed by atoms with Crippen molar-refractivity contribution in [2.75, 3.05) is 33.9 Å². The first kappa shape index (κ1) is 18.1. The van der Waals surface area contributed by atoms with Gasteiger partial charge in [0, 0.05) is 32.3 Å². The van der Waals surface area contributed by atoms with Crippen molar-refractivity contribution in [3.63, 3.8) is 0 Å². The number of rotatable bonds is 9. The van der Waals surface area contributed by atoms with Crippen LogP contribution in [0.15, 0.2) is 24.3 Å². The van der Waals surface area contributed by atoms with Gasteiger partial charge in [-0.25, -0.2) is 0 Å². The summed E-state index contributed by atoms with van der Waals surface area (Å²) in [6, 6.07) is 8.78. The van der Waals surface area contributed by atoms with Crippen molar-refractivity contribution in [3.8, 4) is 0 Å². The summed E-state index contributed by atoms with van der Waals surface area (Å²) < 4.78 is 5.12. The number of hydrogen-bond acceptors (Lipinski definition) is 3. The van der Waals surface area contributed by atoms with Crippen molar-refractivity contribution in [3.05, 3.63) is 35.4 Å². The molecule has 0 atom stereocenters. The van der Waals surface area contributed by atoms with Gasteiger partial charge in [0.15, 0.2) is 0 Å². The molecule has 1 aromatic rings.